The minimum atomic E-state index is -0.872. The number of carbonyl (C=O) groups is 3. The van der Waals surface area contributed by atoms with Crippen LogP contribution < -0.4 is 10.6 Å². The Labute approximate surface area is 205 Å². The maximum atomic E-state index is 13.9. The number of hydrogen-bond acceptors (Lipinski definition) is 4. The average molecular weight is 474 g/mol. The van der Waals surface area contributed by atoms with Gasteiger partial charge < -0.3 is 20.3 Å². The van der Waals surface area contributed by atoms with Crippen LogP contribution in [-0.2, 0) is 14.3 Å². The summed E-state index contributed by atoms with van der Waals surface area (Å²) in [7, 11) is 0. The lowest BCUT2D eigenvalue weighted by atomic mass is 9.95. The Morgan fingerprint density at radius 1 is 1.09 bits per heavy atom. The van der Waals surface area contributed by atoms with E-state index < -0.39 is 23.8 Å². The van der Waals surface area contributed by atoms with Gasteiger partial charge in [-0.2, -0.15) is 0 Å². The molecule has 2 N–H and O–H groups in total. The fourth-order valence-electron chi connectivity index (χ4n) is 3.75. The number of aryl methyl sites for hydroxylation is 2. The largest absolute Gasteiger partial charge is 0.444 e. The molecule has 0 radical (unpaired) electrons. The summed E-state index contributed by atoms with van der Waals surface area (Å²) in [6.07, 6.45) is 1.33. The number of amides is 3. The molecule has 0 aliphatic carbocycles. The molecule has 3 amide bonds. The van der Waals surface area contributed by atoms with E-state index in [0.29, 0.717) is 6.42 Å². The predicted molar refractivity (Wildman–Crippen MR) is 136 cm³/mol. The molecular weight excluding hydrogens is 430 g/mol. The Kier molecular flexibility index (Phi) is 10.8. The molecule has 190 valence electrons. The summed E-state index contributed by atoms with van der Waals surface area (Å²) >= 11 is 0. The molecule has 1 aromatic carbocycles. The van der Waals surface area contributed by atoms with Gasteiger partial charge in [-0.1, -0.05) is 43.7 Å². The van der Waals surface area contributed by atoms with Gasteiger partial charge in [0, 0.05) is 12.6 Å². The highest BCUT2D eigenvalue weighted by atomic mass is 16.6. The second kappa shape index (κ2) is 12.6. The van der Waals surface area contributed by atoms with Crippen molar-refractivity contribution in [2.75, 3.05) is 6.54 Å². The molecule has 0 saturated heterocycles. The maximum Gasteiger partial charge on any atom is 0.408 e. The van der Waals surface area contributed by atoms with E-state index in [-0.39, 0.29) is 30.3 Å². The molecule has 7 heteroatoms. The Bertz CT molecular complexity index is 871. The number of nitrogens with one attached hydrogen (secondary N) is 2. The zero-order valence-corrected chi connectivity index (χ0v) is 22.3. The minimum Gasteiger partial charge on any atom is -0.444 e. The molecule has 0 spiro atoms. The van der Waals surface area contributed by atoms with Crippen LogP contribution in [0.5, 0.6) is 0 Å². The van der Waals surface area contributed by atoms with Gasteiger partial charge in [0.2, 0.25) is 11.8 Å². The standard InChI is InChI=1S/C27H43N3O4/c1-11-14-30(25(32)22(15-17(2)3)29-26(33)34-27(8,9)10)23(24(31)28-18(4)5)21-13-12-19(6)16-20(21)7/h11-13,16-18,22-23H,1,14-15H2,2-10H3,(H,28,31)(H,29,33). The predicted octanol–water partition coefficient (Wildman–Crippen LogP) is 4.82. The molecule has 0 aliphatic rings. The highest BCUT2D eigenvalue weighted by molar-refractivity contribution is 5.92. The summed E-state index contributed by atoms with van der Waals surface area (Å²) in [4.78, 5) is 41.3. The van der Waals surface area contributed by atoms with Crippen molar-refractivity contribution in [1.29, 1.82) is 0 Å². The number of benzene rings is 1. The van der Waals surface area contributed by atoms with Gasteiger partial charge in [0.05, 0.1) is 0 Å². The van der Waals surface area contributed by atoms with Crippen molar-refractivity contribution < 1.29 is 19.1 Å². The van der Waals surface area contributed by atoms with Crippen LogP contribution in [0.15, 0.2) is 30.9 Å². The molecule has 0 saturated carbocycles. The van der Waals surface area contributed by atoms with Crippen molar-refractivity contribution in [3.63, 3.8) is 0 Å². The normalized spacial score (nSPS) is 13.3. The topological polar surface area (TPSA) is 87.7 Å². The Morgan fingerprint density at radius 3 is 2.18 bits per heavy atom. The second-order valence-corrected chi connectivity index (χ2v) is 10.5. The second-order valence-electron chi connectivity index (χ2n) is 10.5. The number of rotatable bonds is 10. The lowest BCUT2D eigenvalue weighted by molar-refractivity contribution is -0.142. The first kappa shape index (κ1) is 29.2. The fourth-order valence-corrected chi connectivity index (χ4v) is 3.75. The molecular formula is C27H43N3O4. The van der Waals surface area contributed by atoms with E-state index in [0.717, 1.165) is 16.7 Å². The lowest BCUT2D eigenvalue weighted by Crippen LogP contribution is -2.54. The first-order valence-electron chi connectivity index (χ1n) is 11.9. The highest BCUT2D eigenvalue weighted by Crippen LogP contribution is 2.27. The summed E-state index contributed by atoms with van der Waals surface area (Å²) in [6.45, 7) is 20.9. The number of nitrogens with zero attached hydrogens (tertiary/aromatic N) is 1. The third-order valence-corrected chi connectivity index (χ3v) is 5.02. The zero-order valence-electron chi connectivity index (χ0n) is 22.3. The van der Waals surface area contributed by atoms with Gasteiger partial charge in [0.15, 0.2) is 0 Å². The van der Waals surface area contributed by atoms with Crippen molar-refractivity contribution in [3.05, 3.63) is 47.5 Å². The molecule has 0 fully saturated rings. The number of hydrogen-bond donors (Lipinski definition) is 2. The molecule has 0 bridgehead atoms. The van der Waals surface area contributed by atoms with Gasteiger partial charge >= 0.3 is 6.09 Å². The molecule has 1 rings (SSSR count). The quantitative estimate of drug-likeness (QED) is 0.477. The van der Waals surface area contributed by atoms with Gasteiger partial charge in [0.25, 0.3) is 0 Å². The van der Waals surface area contributed by atoms with Crippen LogP contribution in [-0.4, -0.2) is 47.0 Å². The van der Waals surface area contributed by atoms with E-state index in [4.69, 9.17) is 4.74 Å². The van der Waals surface area contributed by atoms with E-state index in [1.807, 2.05) is 59.7 Å². The maximum absolute atomic E-state index is 13.9. The molecule has 0 aliphatic heterocycles. The zero-order chi connectivity index (χ0) is 26.2. The third kappa shape index (κ3) is 9.20. The Hall–Kier alpha value is -2.83. The highest BCUT2D eigenvalue weighted by Gasteiger charge is 2.36. The smallest absolute Gasteiger partial charge is 0.408 e. The molecule has 2 atom stereocenters. The first-order valence-corrected chi connectivity index (χ1v) is 11.9. The van der Waals surface area contributed by atoms with Crippen LogP contribution in [0.25, 0.3) is 0 Å². The van der Waals surface area contributed by atoms with E-state index >= 15 is 0 Å². The summed E-state index contributed by atoms with van der Waals surface area (Å²) in [5.41, 5.74) is 2.01. The van der Waals surface area contributed by atoms with Crippen molar-refractivity contribution in [2.24, 2.45) is 5.92 Å². The summed E-state index contributed by atoms with van der Waals surface area (Å²) in [5, 5.41) is 5.68. The molecule has 34 heavy (non-hydrogen) atoms. The van der Waals surface area contributed by atoms with Crippen LogP contribution in [0.2, 0.25) is 0 Å². The SMILES string of the molecule is C=CCN(C(=O)C(CC(C)C)NC(=O)OC(C)(C)C)C(C(=O)NC(C)C)c1ccc(C)cc1C. The van der Waals surface area contributed by atoms with Crippen molar-refractivity contribution in [1.82, 2.24) is 15.5 Å². The first-order chi connectivity index (χ1) is 15.7. The van der Waals surface area contributed by atoms with Crippen LogP contribution in [0.3, 0.4) is 0 Å². The van der Waals surface area contributed by atoms with Crippen LogP contribution in [0, 0.1) is 19.8 Å². The van der Waals surface area contributed by atoms with Crippen molar-refractivity contribution >= 4 is 17.9 Å². The van der Waals surface area contributed by atoms with E-state index in [2.05, 4.69) is 17.2 Å². The van der Waals surface area contributed by atoms with Gasteiger partial charge in [0.1, 0.15) is 17.7 Å². The monoisotopic (exact) mass is 473 g/mol. The molecule has 2 unspecified atom stereocenters. The fraction of sp³-hybridized carbons (Fsp3) is 0.593. The molecule has 0 aromatic heterocycles. The van der Waals surface area contributed by atoms with Crippen molar-refractivity contribution in [2.45, 2.75) is 92.5 Å². The van der Waals surface area contributed by atoms with Gasteiger partial charge in [-0.25, -0.2) is 4.79 Å². The number of carbonyl (C=O) groups excluding carboxylic acids is 3. The lowest BCUT2D eigenvalue weighted by Gasteiger charge is -2.35. The molecule has 7 nitrogen and oxygen atoms in total. The van der Waals surface area contributed by atoms with E-state index in [1.165, 1.54) is 4.90 Å². The van der Waals surface area contributed by atoms with Crippen LogP contribution in [0.4, 0.5) is 4.79 Å². The summed E-state index contributed by atoms with van der Waals surface area (Å²) < 4.78 is 5.40. The Morgan fingerprint density at radius 2 is 1.71 bits per heavy atom. The molecule has 1 aromatic rings. The Balaban J connectivity index is 3.49. The number of alkyl carbamates (subject to hydrolysis) is 1. The van der Waals surface area contributed by atoms with Crippen LogP contribution in [0.1, 0.15) is 77.6 Å². The summed E-state index contributed by atoms with van der Waals surface area (Å²) in [5.74, 6) is -0.514. The van der Waals surface area contributed by atoms with Gasteiger partial charge in [-0.15, -0.1) is 6.58 Å². The third-order valence-electron chi connectivity index (χ3n) is 5.02. The van der Waals surface area contributed by atoms with E-state index in [9.17, 15) is 14.4 Å². The van der Waals surface area contributed by atoms with Crippen LogP contribution >= 0.6 is 0 Å². The number of ether oxygens (including phenoxy) is 1. The van der Waals surface area contributed by atoms with Crippen molar-refractivity contribution in [3.8, 4) is 0 Å². The van der Waals surface area contributed by atoms with E-state index in [1.54, 1.807) is 26.8 Å². The average Bonchev–Trinajstić information content (AvgIpc) is 2.65. The minimum absolute atomic E-state index is 0.104. The van der Waals surface area contributed by atoms with Gasteiger partial charge in [-0.05, 0) is 71.9 Å². The summed E-state index contributed by atoms with van der Waals surface area (Å²) in [6, 6.07) is 3.98. The van der Waals surface area contributed by atoms with Gasteiger partial charge in [-0.3, -0.25) is 9.59 Å². The molecule has 0 heterocycles.